The molecule has 0 radical (unpaired) electrons. The number of anilines is 2. The lowest BCUT2D eigenvalue weighted by atomic mass is 10.2. The molecule has 0 atom stereocenters. The number of halogens is 1. The Kier molecular flexibility index (Phi) is 4.07. The van der Waals surface area contributed by atoms with Gasteiger partial charge in [0, 0.05) is 11.0 Å². The Bertz CT molecular complexity index is 315. The van der Waals surface area contributed by atoms with Crippen molar-refractivity contribution in [1.82, 2.24) is 0 Å². The zero-order valence-corrected chi connectivity index (χ0v) is 10.0. The zero-order chi connectivity index (χ0) is 10.6. The molecule has 1 rings (SSSR count). The maximum absolute atomic E-state index is 5.91. The van der Waals surface area contributed by atoms with E-state index in [1.165, 1.54) is 0 Å². The van der Waals surface area contributed by atoms with E-state index in [1.807, 2.05) is 12.1 Å². The Morgan fingerprint density at radius 2 is 2.21 bits per heavy atom. The van der Waals surface area contributed by atoms with E-state index >= 15 is 0 Å². The van der Waals surface area contributed by atoms with Crippen LogP contribution in [-0.4, -0.2) is 13.7 Å². The van der Waals surface area contributed by atoms with Crippen LogP contribution in [0.5, 0.6) is 5.75 Å². The van der Waals surface area contributed by atoms with Gasteiger partial charge in [-0.3, -0.25) is 0 Å². The number of rotatable bonds is 4. The van der Waals surface area contributed by atoms with Crippen molar-refractivity contribution in [3.05, 3.63) is 16.6 Å². The molecule has 0 saturated heterocycles. The van der Waals surface area contributed by atoms with Crippen molar-refractivity contribution in [1.29, 1.82) is 0 Å². The molecule has 0 aliphatic rings. The minimum Gasteiger partial charge on any atom is -0.495 e. The van der Waals surface area contributed by atoms with Crippen LogP contribution in [0.4, 0.5) is 11.4 Å². The van der Waals surface area contributed by atoms with Gasteiger partial charge in [0.2, 0.25) is 0 Å². The molecule has 14 heavy (non-hydrogen) atoms. The Hall–Kier alpha value is -0.900. The van der Waals surface area contributed by atoms with Gasteiger partial charge in [0.15, 0.2) is 0 Å². The van der Waals surface area contributed by atoms with Crippen LogP contribution in [0.15, 0.2) is 16.6 Å². The fraction of sp³-hybridized carbons (Fsp3) is 0.400. The van der Waals surface area contributed by atoms with Gasteiger partial charge in [0.05, 0.1) is 12.8 Å². The summed E-state index contributed by atoms with van der Waals surface area (Å²) >= 11 is 3.38. The largest absolute Gasteiger partial charge is 0.495 e. The predicted molar refractivity (Wildman–Crippen MR) is 63.9 cm³/mol. The van der Waals surface area contributed by atoms with E-state index in [4.69, 9.17) is 10.5 Å². The summed E-state index contributed by atoms with van der Waals surface area (Å²) in [6.45, 7) is 2.99. The SMILES string of the molecule is CCCNc1c(OC)ccc(Br)c1N. The number of ether oxygens (including phenoxy) is 1. The third kappa shape index (κ3) is 2.32. The van der Waals surface area contributed by atoms with Crippen molar-refractivity contribution >= 4 is 27.3 Å². The topological polar surface area (TPSA) is 47.3 Å². The number of benzene rings is 1. The molecule has 3 N–H and O–H groups in total. The molecule has 3 nitrogen and oxygen atoms in total. The van der Waals surface area contributed by atoms with E-state index in [0.717, 1.165) is 28.9 Å². The average Bonchev–Trinajstić information content (AvgIpc) is 2.20. The Morgan fingerprint density at radius 1 is 1.50 bits per heavy atom. The van der Waals surface area contributed by atoms with Crippen molar-refractivity contribution in [3.63, 3.8) is 0 Å². The summed E-state index contributed by atoms with van der Waals surface area (Å²) < 4.78 is 6.10. The van der Waals surface area contributed by atoms with E-state index in [1.54, 1.807) is 7.11 Å². The van der Waals surface area contributed by atoms with Crippen LogP contribution in [0.1, 0.15) is 13.3 Å². The molecular formula is C10H15BrN2O. The van der Waals surface area contributed by atoms with Crippen molar-refractivity contribution in [3.8, 4) is 5.75 Å². The minimum absolute atomic E-state index is 0.692. The Balaban J connectivity index is 3.01. The normalized spacial score (nSPS) is 9.93. The van der Waals surface area contributed by atoms with Gasteiger partial charge >= 0.3 is 0 Å². The molecule has 0 heterocycles. The van der Waals surface area contributed by atoms with Crippen LogP contribution in [0.25, 0.3) is 0 Å². The smallest absolute Gasteiger partial charge is 0.144 e. The van der Waals surface area contributed by atoms with Crippen LogP contribution < -0.4 is 15.8 Å². The summed E-state index contributed by atoms with van der Waals surface area (Å²) in [5.74, 6) is 0.777. The summed E-state index contributed by atoms with van der Waals surface area (Å²) in [6, 6.07) is 3.77. The van der Waals surface area contributed by atoms with Crippen LogP contribution in [0.2, 0.25) is 0 Å². The van der Waals surface area contributed by atoms with Gasteiger partial charge in [-0.15, -0.1) is 0 Å². The maximum Gasteiger partial charge on any atom is 0.144 e. The molecule has 0 aliphatic heterocycles. The van der Waals surface area contributed by atoms with E-state index in [9.17, 15) is 0 Å². The van der Waals surface area contributed by atoms with Crippen LogP contribution in [0.3, 0.4) is 0 Å². The Morgan fingerprint density at radius 3 is 2.79 bits per heavy atom. The lowest BCUT2D eigenvalue weighted by molar-refractivity contribution is 0.416. The summed E-state index contributed by atoms with van der Waals surface area (Å²) in [4.78, 5) is 0. The highest BCUT2D eigenvalue weighted by atomic mass is 79.9. The molecule has 0 bridgehead atoms. The standard InChI is InChI=1S/C10H15BrN2O/c1-3-6-13-10-8(14-2)5-4-7(11)9(10)12/h4-5,13H,3,6,12H2,1-2H3. The zero-order valence-electron chi connectivity index (χ0n) is 8.43. The molecule has 1 aromatic carbocycles. The average molecular weight is 259 g/mol. The number of hydrogen-bond acceptors (Lipinski definition) is 3. The first kappa shape index (κ1) is 11.2. The highest BCUT2D eigenvalue weighted by molar-refractivity contribution is 9.10. The first-order chi connectivity index (χ1) is 6.70. The van der Waals surface area contributed by atoms with Crippen molar-refractivity contribution in [2.75, 3.05) is 24.7 Å². The van der Waals surface area contributed by atoms with Crippen molar-refractivity contribution in [2.24, 2.45) is 0 Å². The number of nitrogens with one attached hydrogen (secondary N) is 1. The molecule has 1 aromatic rings. The second-order valence-electron chi connectivity index (χ2n) is 2.97. The molecular weight excluding hydrogens is 244 g/mol. The summed E-state index contributed by atoms with van der Waals surface area (Å²) in [5.41, 5.74) is 7.47. The summed E-state index contributed by atoms with van der Waals surface area (Å²) in [6.07, 6.45) is 1.05. The van der Waals surface area contributed by atoms with Gasteiger partial charge in [-0.2, -0.15) is 0 Å². The summed E-state index contributed by atoms with van der Waals surface area (Å²) in [5, 5.41) is 3.24. The second kappa shape index (κ2) is 5.10. The van der Waals surface area contributed by atoms with Crippen LogP contribution >= 0.6 is 15.9 Å². The first-order valence-corrected chi connectivity index (χ1v) is 5.35. The molecule has 0 fully saturated rings. The molecule has 0 unspecified atom stereocenters. The third-order valence-electron chi connectivity index (χ3n) is 1.93. The first-order valence-electron chi connectivity index (χ1n) is 4.56. The van der Waals surface area contributed by atoms with E-state index < -0.39 is 0 Å². The van der Waals surface area contributed by atoms with Gasteiger partial charge in [-0.1, -0.05) is 6.92 Å². The molecule has 0 aromatic heterocycles. The highest BCUT2D eigenvalue weighted by Crippen LogP contribution is 2.35. The number of nitrogen functional groups attached to an aromatic ring is 1. The molecule has 0 amide bonds. The molecule has 0 spiro atoms. The van der Waals surface area contributed by atoms with Gasteiger partial charge < -0.3 is 15.8 Å². The monoisotopic (exact) mass is 258 g/mol. The number of hydrogen-bond donors (Lipinski definition) is 2. The van der Waals surface area contributed by atoms with Crippen molar-refractivity contribution in [2.45, 2.75) is 13.3 Å². The highest BCUT2D eigenvalue weighted by Gasteiger charge is 2.08. The quantitative estimate of drug-likeness (QED) is 0.817. The van der Waals surface area contributed by atoms with Crippen molar-refractivity contribution < 1.29 is 4.74 Å². The predicted octanol–water partition coefficient (Wildman–Crippen LogP) is 2.86. The lowest BCUT2D eigenvalue weighted by Crippen LogP contribution is -2.05. The van der Waals surface area contributed by atoms with Gasteiger partial charge in [-0.25, -0.2) is 0 Å². The molecule has 78 valence electrons. The maximum atomic E-state index is 5.91. The molecule has 0 saturated carbocycles. The number of nitrogens with two attached hydrogens (primary N) is 1. The molecule has 0 aliphatic carbocycles. The van der Waals surface area contributed by atoms with Crippen LogP contribution in [-0.2, 0) is 0 Å². The number of methoxy groups -OCH3 is 1. The van der Waals surface area contributed by atoms with E-state index in [-0.39, 0.29) is 0 Å². The van der Waals surface area contributed by atoms with Gasteiger partial charge in [0.1, 0.15) is 11.4 Å². The fourth-order valence-corrected chi connectivity index (χ4v) is 1.51. The third-order valence-corrected chi connectivity index (χ3v) is 2.62. The van der Waals surface area contributed by atoms with E-state index in [2.05, 4.69) is 28.2 Å². The summed E-state index contributed by atoms with van der Waals surface area (Å²) in [7, 11) is 1.64. The fourth-order valence-electron chi connectivity index (χ4n) is 1.18. The van der Waals surface area contributed by atoms with Gasteiger partial charge in [-0.05, 0) is 34.5 Å². The minimum atomic E-state index is 0.692. The van der Waals surface area contributed by atoms with Gasteiger partial charge in [0.25, 0.3) is 0 Å². The van der Waals surface area contributed by atoms with Crippen LogP contribution in [0, 0.1) is 0 Å². The van der Waals surface area contributed by atoms with E-state index in [0.29, 0.717) is 5.69 Å². The second-order valence-corrected chi connectivity index (χ2v) is 3.82. The lowest BCUT2D eigenvalue weighted by Gasteiger charge is -2.13. The Labute approximate surface area is 92.8 Å². The molecule has 4 heteroatoms.